The summed E-state index contributed by atoms with van der Waals surface area (Å²) in [5.74, 6) is 0. The molecule has 0 amide bonds. The fourth-order valence-corrected chi connectivity index (χ4v) is 0.934. The fourth-order valence-electron chi connectivity index (χ4n) is 0.934. The average Bonchev–Trinajstić information content (AvgIpc) is 1.99. The molecule has 0 aliphatic carbocycles. The largest absolute Gasteiger partial charge is 0.301 e. The molecular formula is C7H14N2. The minimum Gasteiger partial charge on any atom is -0.301 e. The lowest BCUT2D eigenvalue weighted by Crippen LogP contribution is -2.29. The van der Waals surface area contributed by atoms with Crippen LogP contribution in [-0.4, -0.2) is 37.3 Å². The van der Waals surface area contributed by atoms with E-state index in [1.807, 2.05) is 6.21 Å². The maximum atomic E-state index is 4.20. The highest BCUT2D eigenvalue weighted by atomic mass is 15.1. The molecule has 0 radical (unpaired) electrons. The summed E-state index contributed by atoms with van der Waals surface area (Å²) in [5, 5.41) is 0. The van der Waals surface area contributed by atoms with Gasteiger partial charge in [-0.1, -0.05) is 0 Å². The zero-order valence-corrected chi connectivity index (χ0v) is 6.17. The smallest absolute Gasteiger partial charge is 0.0512 e. The minimum atomic E-state index is 0.677. The van der Waals surface area contributed by atoms with Gasteiger partial charge in [0.15, 0.2) is 0 Å². The molecule has 0 aromatic carbocycles. The van der Waals surface area contributed by atoms with Crippen LogP contribution in [0.15, 0.2) is 4.99 Å². The van der Waals surface area contributed by atoms with Crippen molar-refractivity contribution in [2.24, 2.45) is 4.99 Å². The molecular weight excluding hydrogens is 112 g/mol. The Hall–Kier alpha value is -0.370. The third-order valence-corrected chi connectivity index (χ3v) is 1.91. The van der Waals surface area contributed by atoms with Gasteiger partial charge in [-0.3, -0.25) is 4.99 Å². The van der Waals surface area contributed by atoms with Gasteiger partial charge in [0.05, 0.1) is 6.54 Å². The Balaban J connectivity index is 2.42. The number of hydrogen-bond acceptors (Lipinski definition) is 2. The summed E-state index contributed by atoms with van der Waals surface area (Å²) in [7, 11) is 2.15. The van der Waals surface area contributed by atoms with Crippen LogP contribution >= 0.6 is 0 Å². The first kappa shape index (κ1) is 6.75. The van der Waals surface area contributed by atoms with Gasteiger partial charge in [0.2, 0.25) is 0 Å². The standard InChI is InChI=1S/C7H14N2/c1-7-3-4-8-5-6-9(7)2/h4,7H,3,5-6H2,1-2H3. The molecule has 0 aromatic rings. The molecule has 0 N–H and O–H groups in total. The van der Waals surface area contributed by atoms with E-state index in [4.69, 9.17) is 0 Å². The second kappa shape index (κ2) is 2.97. The lowest BCUT2D eigenvalue weighted by molar-refractivity contribution is 0.277. The highest BCUT2D eigenvalue weighted by Crippen LogP contribution is 2.01. The zero-order valence-electron chi connectivity index (χ0n) is 6.17. The van der Waals surface area contributed by atoms with E-state index in [1.165, 1.54) is 0 Å². The van der Waals surface area contributed by atoms with Crippen molar-refractivity contribution < 1.29 is 0 Å². The van der Waals surface area contributed by atoms with Crippen LogP contribution in [0.4, 0.5) is 0 Å². The first-order valence-corrected chi connectivity index (χ1v) is 3.49. The van der Waals surface area contributed by atoms with Crippen LogP contribution in [0.2, 0.25) is 0 Å². The Morgan fingerprint density at radius 2 is 2.44 bits per heavy atom. The lowest BCUT2D eigenvalue weighted by Gasteiger charge is -2.19. The number of likely N-dealkylation sites (N-methyl/N-ethyl adjacent to an activating group) is 1. The normalized spacial score (nSPS) is 30.2. The fraction of sp³-hybridized carbons (Fsp3) is 0.857. The second-order valence-corrected chi connectivity index (χ2v) is 2.65. The van der Waals surface area contributed by atoms with Crippen LogP contribution in [0.1, 0.15) is 13.3 Å². The van der Waals surface area contributed by atoms with Crippen LogP contribution in [0.5, 0.6) is 0 Å². The molecule has 0 saturated heterocycles. The molecule has 1 rings (SSSR count). The van der Waals surface area contributed by atoms with Crippen LogP contribution in [-0.2, 0) is 0 Å². The molecule has 9 heavy (non-hydrogen) atoms. The Morgan fingerprint density at radius 3 is 3.22 bits per heavy atom. The van der Waals surface area contributed by atoms with Gasteiger partial charge in [-0.15, -0.1) is 0 Å². The summed E-state index contributed by atoms with van der Waals surface area (Å²) < 4.78 is 0. The van der Waals surface area contributed by atoms with E-state index in [-0.39, 0.29) is 0 Å². The van der Waals surface area contributed by atoms with Crippen molar-refractivity contribution in [2.45, 2.75) is 19.4 Å². The Kier molecular flexibility index (Phi) is 2.22. The maximum Gasteiger partial charge on any atom is 0.0512 e. The number of nitrogens with zero attached hydrogens (tertiary/aromatic N) is 2. The van der Waals surface area contributed by atoms with E-state index in [0.29, 0.717) is 6.04 Å². The van der Waals surface area contributed by atoms with Gasteiger partial charge in [-0.05, 0) is 20.4 Å². The monoisotopic (exact) mass is 126 g/mol. The molecule has 52 valence electrons. The lowest BCUT2D eigenvalue weighted by atomic mass is 10.2. The summed E-state index contributed by atoms with van der Waals surface area (Å²) in [6.07, 6.45) is 3.14. The predicted octanol–water partition coefficient (Wildman–Crippen LogP) is 0.781. The minimum absolute atomic E-state index is 0.677. The molecule has 0 saturated carbocycles. The van der Waals surface area contributed by atoms with Crippen LogP contribution in [0.3, 0.4) is 0 Å². The molecule has 0 aromatic heterocycles. The van der Waals surface area contributed by atoms with Crippen molar-refractivity contribution in [3.05, 3.63) is 0 Å². The van der Waals surface area contributed by atoms with E-state index in [1.54, 1.807) is 0 Å². The second-order valence-electron chi connectivity index (χ2n) is 2.65. The Morgan fingerprint density at radius 1 is 1.67 bits per heavy atom. The van der Waals surface area contributed by atoms with Crippen LogP contribution in [0.25, 0.3) is 0 Å². The molecule has 0 spiro atoms. The van der Waals surface area contributed by atoms with Crippen molar-refractivity contribution in [3.63, 3.8) is 0 Å². The molecule has 1 aliphatic rings. The van der Waals surface area contributed by atoms with Gasteiger partial charge < -0.3 is 4.90 Å². The Labute approximate surface area is 56.6 Å². The number of rotatable bonds is 0. The van der Waals surface area contributed by atoms with E-state index >= 15 is 0 Å². The summed E-state index contributed by atoms with van der Waals surface area (Å²) in [6.45, 7) is 4.32. The van der Waals surface area contributed by atoms with Crippen molar-refractivity contribution in [3.8, 4) is 0 Å². The molecule has 1 heterocycles. The third-order valence-electron chi connectivity index (χ3n) is 1.91. The highest BCUT2D eigenvalue weighted by molar-refractivity contribution is 5.58. The average molecular weight is 126 g/mol. The van der Waals surface area contributed by atoms with Gasteiger partial charge in [0.25, 0.3) is 0 Å². The molecule has 2 nitrogen and oxygen atoms in total. The van der Waals surface area contributed by atoms with Gasteiger partial charge in [0, 0.05) is 18.8 Å². The van der Waals surface area contributed by atoms with Gasteiger partial charge in [-0.25, -0.2) is 0 Å². The summed E-state index contributed by atoms with van der Waals surface area (Å²) in [5.41, 5.74) is 0. The number of hydrogen-bond donors (Lipinski definition) is 0. The van der Waals surface area contributed by atoms with Gasteiger partial charge in [-0.2, -0.15) is 0 Å². The third kappa shape index (κ3) is 1.79. The van der Waals surface area contributed by atoms with Crippen molar-refractivity contribution in [1.82, 2.24) is 4.90 Å². The van der Waals surface area contributed by atoms with E-state index in [9.17, 15) is 0 Å². The number of aliphatic imine (C=N–C) groups is 1. The van der Waals surface area contributed by atoms with Crippen LogP contribution < -0.4 is 0 Å². The maximum absolute atomic E-state index is 4.20. The summed E-state index contributed by atoms with van der Waals surface area (Å²) in [4.78, 5) is 6.55. The first-order chi connectivity index (χ1) is 4.30. The van der Waals surface area contributed by atoms with E-state index in [2.05, 4.69) is 23.9 Å². The molecule has 1 aliphatic heterocycles. The predicted molar refractivity (Wildman–Crippen MR) is 40.1 cm³/mol. The molecule has 2 heteroatoms. The Bertz CT molecular complexity index is 109. The topological polar surface area (TPSA) is 15.6 Å². The van der Waals surface area contributed by atoms with E-state index in [0.717, 1.165) is 19.5 Å². The van der Waals surface area contributed by atoms with E-state index < -0.39 is 0 Å². The SMILES string of the molecule is CC1CC=NCCN1C. The quantitative estimate of drug-likeness (QED) is 0.468. The molecule has 1 unspecified atom stereocenters. The molecule has 0 bridgehead atoms. The summed E-state index contributed by atoms with van der Waals surface area (Å²) in [6, 6.07) is 0.677. The van der Waals surface area contributed by atoms with Crippen molar-refractivity contribution in [1.29, 1.82) is 0 Å². The van der Waals surface area contributed by atoms with Gasteiger partial charge >= 0.3 is 0 Å². The zero-order chi connectivity index (χ0) is 6.69. The van der Waals surface area contributed by atoms with Crippen LogP contribution in [0, 0.1) is 0 Å². The van der Waals surface area contributed by atoms with Crippen molar-refractivity contribution in [2.75, 3.05) is 20.1 Å². The first-order valence-electron chi connectivity index (χ1n) is 3.49. The summed E-state index contributed by atoms with van der Waals surface area (Å²) >= 11 is 0. The molecule has 0 fully saturated rings. The highest BCUT2D eigenvalue weighted by Gasteiger charge is 2.08. The molecule has 1 atom stereocenters. The van der Waals surface area contributed by atoms with Gasteiger partial charge in [0.1, 0.15) is 0 Å². The van der Waals surface area contributed by atoms with Crippen molar-refractivity contribution >= 4 is 6.21 Å².